The van der Waals surface area contributed by atoms with Crippen LogP contribution >= 0.6 is 23.1 Å². The third-order valence-corrected chi connectivity index (χ3v) is 4.31. The van der Waals surface area contributed by atoms with E-state index in [4.69, 9.17) is 0 Å². The first-order valence-electron chi connectivity index (χ1n) is 5.12. The lowest BCUT2D eigenvalue weighted by Gasteiger charge is -2.06. The zero-order chi connectivity index (χ0) is 11.4. The van der Waals surface area contributed by atoms with Gasteiger partial charge < -0.3 is 5.32 Å². The summed E-state index contributed by atoms with van der Waals surface area (Å²) in [6.45, 7) is 2.92. The van der Waals surface area contributed by atoms with Crippen LogP contribution in [0.1, 0.15) is 11.3 Å². The highest BCUT2D eigenvalue weighted by Crippen LogP contribution is 2.32. The number of nitrogens with one attached hydrogen (secondary N) is 1. The molecule has 0 radical (unpaired) electrons. The molecule has 0 saturated carbocycles. The Morgan fingerprint density at radius 3 is 2.88 bits per heavy atom. The molecule has 0 bridgehead atoms. The van der Waals surface area contributed by atoms with Gasteiger partial charge in [0.2, 0.25) is 0 Å². The second-order valence-electron chi connectivity index (χ2n) is 3.49. The van der Waals surface area contributed by atoms with Gasteiger partial charge in [-0.2, -0.15) is 0 Å². The Morgan fingerprint density at radius 1 is 1.38 bits per heavy atom. The van der Waals surface area contributed by atoms with Crippen molar-refractivity contribution < 1.29 is 0 Å². The van der Waals surface area contributed by atoms with Crippen molar-refractivity contribution in [2.24, 2.45) is 0 Å². The van der Waals surface area contributed by atoms with Gasteiger partial charge in [0.25, 0.3) is 0 Å². The summed E-state index contributed by atoms with van der Waals surface area (Å²) < 4.78 is 1.11. The third-order valence-electron chi connectivity index (χ3n) is 2.14. The molecular weight excluding hydrogens is 236 g/mol. The molecular formula is C12H14N2S2. The van der Waals surface area contributed by atoms with E-state index >= 15 is 0 Å². The maximum Gasteiger partial charge on any atom is 0.154 e. The largest absolute Gasteiger partial charge is 0.316 e. The van der Waals surface area contributed by atoms with Gasteiger partial charge in [0.15, 0.2) is 4.34 Å². The van der Waals surface area contributed by atoms with Gasteiger partial charge in [-0.1, -0.05) is 30.0 Å². The molecule has 0 amide bonds. The average Bonchev–Trinajstić information content (AvgIpc) is 2.67. The van der Waals surface area contributed by atoms with Crippen LogP contribution in [0.15, 0.2) is 38.9 Å². The van der Waals surface area contributed by atoms with Crippen LogP contribution in [0, 0.1) is 6.92 Å². The van der Waals surface area contributed by atoms with E-state index in [2.05, 4.69) is 39.9 Å². The predicted octanol–water partition coefficient (Wildman–Crippen LogP) is 3.32. The quantitative estimate of drug-likeness (QED) is 0.901. The lowest BCUT2D eigenvalue weighted by Crippen LogP contribution is -2.05. The highest BCUT2D eigenvalue weighted by atomic mass is 32.2. The van der Waals surface area contributed by atoms with Gasteiger partial charge >= 0.3 is 0 Å². The standard InChI is InChI=1S/C12H14N2S2/c1-9-8-15-12(14-9)16-11-6-4-3-5-10(11)7-13-2/h3-6,8,13H,7H2,1-2H3. The summed E-state index contributed by atoms with van der Waals surface area (Å²) in [7, 11) is 1.97. The van der Waals surface area contributed by atoms with E-state index in [9.17, 15) is 0 Å². The summed E-state index contributed by atoms with van der Waals surface area (Å²) >= 11 is 3.45. The first-order chi connectivity index (χ1) is 7.79. The average molecular weight is 250 g/mol. The first-order valence-corrected chi connectivity index (χ1v) is 6.81. The fourth-order valence-electron chi connectivity index (χ4n) is 1.41. The van der Waals surface area contributed by atoms with Crippen LogP contribution in [-0.2, 0) is 6.54 Å². The topological polar surface area (TPSA) is 24.9 Å². The van der Waals surface area contributed by atoms with Crippen LogP contribution in [0.3, 0.4) is 0 Å². The molecule has 2 nitrogen and oxygen atoms in total. The summed E-state index contributed by atoms with van der Waals surface area (Å²) in [6.07, 6.45) is 0. The van der Waals surface area contributed by atoms with Gasteiger partial charge in [0.05, 0.1) is 0 Å². The zero-order valence-electron chi connectivity index (χ0n) is 9.36. The molecule has 2 rings (SSSR count). The molecule has 0 aliphatic heterocycles. The SMILES string of the molecule is CNCc1ccccc1Sc1nc(C)cs1. The number of rotatable bonds is 4. The Balaban J connectivity index is 2.20. The molecule has 16 heavy (non-hydrogen) atoms. The van der Waals surface area contributed by atoms with E-state index in [0.717, 1.165) is 16.6 Å². The molecule has 2 aromatic rings. The van der Waals surface area contributed by atoms with Gasteiger partial charge in [-0.3, -0.25) is 0 Å². The van der Waals surface area contributed by atoms with E-state index in [1.54, 1.807) is 23.1 Å². The van der Waals surface area contributed by atoms with Crippen LogP contribution in [0.5, 0.6) is 0 Å². The van der Waals surface area contributed by atoms with Crippen molar-refractivity contribution in [3.63, 3.8) is 0 Å². The molecule has 0 aliphatic carbocycles. The minimum absolute atomic E-state index is 0.896. The van der Waals surface area contributed by atoms with Gasteiger partial charge in [0.1, 0.15) is 0 Å². The molecule has 1 N–H and O–H groups in total. The highest BCUT2D eigenvalue weighted by Gasteiger charge is 2.05. The third kappa shape index (κ3) is 2.84. The monoisotopic (exact) mass is 250 g/mol. The second-order valence-corrected chi connectivity index (χ2v) is 5.64. The van der Waals surface area contributed by atoms with Crippen molar-refractivity contribution in [3.05, 3.63) is 40.9 Å². The van der Waals surface area contributed by atoms with Crippen LogP contribution in [0.2, 0.25) is 0 Å². The first kappa shape index (κ1) is 11.6. The van der Waals surface area contributed by atoms with Crippen molar-refractivity contribution in [2.45, 2.75) is 22.7 Å². The fourth-order valence-corrected chi connectivity index (χ4v) is 3.34. The number of thiazole rings is 1. The van der Waals surface area contributed by atoms with Gasteiger partial charge in [-0.05, 0) is 25.6 Å². The maximum absolute atomic E-state index is 4.47. The van der Waals surface area contributed by atoms with Crippen LogP contribution in [0.4, 0.5) is 0 Å². The minimum Gasteiger partial charge on any atom is -0.316 e. The molecule has 0 fully saturated rings. The zero-order valence-corrected chi connectivity index (χ0v) is 11.0. The molecule has 1 heterocycles. The van der Waals surface area contributed by atoms with Crippen LogP contribution < -0.4 is 5.32 Å². The Hall–Kier alpha value is -0.840. The summed E-state index contributed by atoms with van der Waals surface area (Å²) in [4.78, 5) is 5.75. The summed E-state index contributed by atoms with van der Waals surface area (Å²) in [5, 5.41) is 5.27. The molecule has 1 aromatic carbocycles. The highest BCUT2D eigenvalue weighted by molar-refractivity contribution is 8.01. The summed E-state index contributed by atoms with van der Waals surface area (Å²) in [5.41, 5.74) is 2.42. The van der Waals surface area contributed by atoms with Crippen molar-refractivity contribution in [1.29, 1.82) is 0 Å². The van der Waals surface area contributed by atoms with Crippen molar-refractivity contribution in [1.82, 2.24) is 10.3 Å². The molecule has 0 aliphatic rings. The maximum atomic E-state index is 4.47. The van der Waals surface area contributed by atoms with Crippen LogP contribution in [-0.4, -0.2) is 12.0 Å². The van der Waals surface area contributed by atoms with E-state index in [-0.39, 0.29) is 0 Å². The molecule has 0 saturated heterocycles. The molecule has 1 aromatic heterocycles. The lowest BCUT2D eigenvalue weighted by molar-refractivity contribution is 0.803. The van der Waals surface area contributed by atoms with E-state index in [1.807, 2.05) is 14.0 Å². The molecule has 0 spiro atoms. The second kappa shape index (κ2) is 5.48. The predicted molar refractivity (Wildman–Crippen MR) is 70.2 cm³/mol. The number of hydrogen-bond donors (Lipinski definition) is 1. The van der Waals surface area contributed by atoms with Crippen molar-refractivity contribution >= 4 is 23.1 Å². The molecule has 0 unspecified atom stereocenters. The van der Waals surface area contributed by atoms with Crippen molar-refractivity contribution in [2.75, 3.05) is 7.05 Å². The van der Waals surface area contributed by atoms with E-state index in [0.29, 0.717) is 0 Å². The Bertz CT molecular complexity index is 466. The Kier molecular flexibility index (Phi) is 3.98. The molecule has 0 atom stereocenters. The van der Waals surface area contributed by atoms with E-state index < -0.39 is 0 Å². The molecule has 4 heteroatoms. The normalized spacial score (nSPS) is 10.6. The number of benzene rings is 1. The number of nitrogens with zero attached hydrogens (tertiary/aromatic N) is 1. The summed E-state index contributed by atoms with van der Waals surface area (Å²) in [5.74, 6) is 0. The van der Waals surface area contributed by atoms with Gasteiger partial charge in [-0.25, -0.2) is 4.98 Å². The van der Waals surface area contributed by atoms with Gasteiger partial charge in [-0.15, -0.1) is 11.3 Å². The number of hydrogen-bond acceptors (Lipinski definition) is 4. The Morgan fingerprint density at radius 2 is 2.19 bits per heavy atom. The van der Waals surface area contributed by atoms with Crippen LogP contribution in [0.25, 0.3) is 0 Å². The Labute approximate surface area is 104 Å². The minimum atomic E-state index is 0.896. The smallest absolute Gasteiger partial charge is 0.154 e. The lowest BCUT2D eigenvalue weighted by atomic mass is 10.2. The summed E-state index contributed by atoms with van der Waals surface area (Å²) in [6, 6.07) is 8.44. The van der Waals surface area contributed by atoms with Gasteiger partial charge in [0, 0.05) is 22.5 Å². The van der Waals surface area contributed by atoms with Crippen molar-refractivity contribution in [3.8, 4) is 0 Å². The van der Waals surface area contributed by atoms with E-state index in [1.165, 1.54) is 10.5 Å². The molecule has 84 valence electrons. The number of aromatic nitrogens is 1. The fraction of sp³-hybridized carbons (Fsp3) is 0.250. The number of aryl methyl sites for hydroxylation is 1.